The molecule has 1 aromatic heterocycles. The summed E-state index contributed by atoms with van der Waals surface area (Å²) >= 11 is 11.9. The van der Waals surface area contributed by atoms with Crippen LogP contribution in [0.4, 0.5) is 0 Å². The van der Waals surface area contributed by atoms with Crippen molar-refractivity contribution in [2.45, 2.75) is 6.92 Å². The number of nitrogens with one attached hydrogen (secondary N) is 1. The summed E-state index contributed by atoms with van der Waals surface area (Å²) in [6.07, 6.45) is 1.81. The zero-order chi connectivity index (χ0) is 10.1. The Hall–Kier alpha value is -0.990. The molecule has 1 heterocycles. The van der Waals surface area contributed by atoms with Gasteiger partial charge in [-0.05, 0) is 25.1 Å². The fourth-order valence-corrected chi connectivity index (χ4v) is 1.64. The van der Waals surface area contributed by atoms with Gasteiger partial charge in [-0.15, -0.1) is 0 Å². The normalized spacial score (nSPS) is 10.5. The Bertz CT molecular complexity index is 463. The maximum Gasteiger partial charge on any atom is 0.103 e. The molecule has 0 saturated carbocycles. The van der Waals surface area contributed by atoms with Crippen LogP contribution in [0.2, 0.25) is 10.0 Å². The number of aromatic amines is 1. The molecule has 14 heavy (non-hydrogen) atoms. The highest BCUT2D eigenvalue weighted by atomic mass is 35.5. The Labute approximate surface area is 91.9 Å². The van der Waals surface area contributed by atoms with Gasteiger partial charge in [0.05, 0.1) is 10.7 Å². The monoisotopic (exact) mass is 226 g/mol. The van der Waals surface area contributed by atoms with E-state index in [1.165, 1.54) is 0 Å². The van der Waals surface area contributed by atoms with Crippen LogP contribution in [0.15, 0.2) is 24.4 Å². The summed E-state index contributed by atoms with van der Waals surface area (Å²) in [5.41, 5.74) is 1.67. The summed E-state index contributed by atoms with van der Waals surface area (Å²) < 4.78 is 0. The minimum atomic E-state index is 0.654. The highest BCUT2D eigenvalue weighted by Crippen LogP contribution is 2.29. The maximum atomic E-state index is 6.03. The number of aromatic nitrogens is 2. The van der Waals surface area contributed by atoms with Gasteiger partial charge in [-0.25, -0.2) is 4.98 Å². The van der Waals surface area contributed by atoms with Crippen LogP contribution in [-0.4, -0.2) is 9.97 Å². The number of hydrogen-bond acceptors (Lipinski definition) is 1. The number of nitrogens with zero attached hydrogens (tertiary/aromatic N) is 1. The average molecular weight is 227 g/mol. The summed E-state index contributed by atoms with van der Waals surface area (Å²) in [5, 5.41) is 1.31. The van der Waals surface area contributed by atoms with E-state index in [1.54, 1.807) is 18.2 Å². The van der Waals surface area contributed by atoms with Crippen molar-refractivity contribution >= 4 is 23.2 Å². The Morgan fingerprint density at radius 1 is 1.29 bits per heavy atom. The van der Waals surface area contributed by atoms with Crippen LogP contribution in [0, 0.1) is 6.92 Å². The Balaban J connectivity index is 2.55. The van der Waals surface area contributed by atoms with E-state index in [-0.39, 0.29) is 0 Å². The standard InChI is InChI=1S/C10H8Cl2N2/c1-6-13-5-10(14-6)8-4-7(11)2-3-9(8)12/h2-5H,1H3,(H,13,14). The van der Waals surface area contributed by atoms with Crippen LogP contribution in [0.5, 0.6) is 0 Å². The molecule has 0 unspecified atom stereocenters. The van der Waals surface area contributed by atoms with E-state index in [4.69, 9.17) is 23.2 Å². The van der Waals surface area contributed by atoms with E-state index in [9.17, 15) is 0 Å². The molecule has 1 aromatic carbocycles. The highest BCUT2D eigenvalue weighted by molar-refractivity contribution is 6.35. The van der Waals surface area contributed by atoms with E-state index >= 15 is 0 Å². The minimum Gasteiger partial charge on any atom is -0.348 e. The Morgan fingerprint density at radius 3 is 2.71 bits per heavy atom. The van der Waals surface area contributed by atoms with Crippen LogP contribution in [0.3, 0.4) is 0 Å². The van der Waals surface area contributed by atoms with Crippen molar-refractivity contribution in [3.63, 3.8) is 0 Å². The van der Waals surface area contributed by atoms with Crippen LogP contribution >= 0.6 is 23.2 Å². The lowest BCUT2D eigenvalue weighted by Gasteiger charge is -2.00. The van der Waals surface area contributed by atoms with E-state index in [0.717, 1.165) is 17.1 Å². The third-order valence-corrected chi connectivity index (χ3v) is 2.47. The molecule has 0 bridgehead atoms. The molecule has 2 nitrogen and oxygen atoms in total. The van der Waals surface area contributed by atoms with Gasteiger partial charge in [0.2, 0.25) is 0 Å². The lowest BCUT2D eigenvalue weighted by atomic mass is 10.2. The van der Waals surface area contributed by atoms with E-state index in [1.807, 2.05) is 13.1 Å². The lowest BCUT2D eigenvalue weighted by molar-refractivity contribution is 1.15. The first-order chi connectivity index (χ1) is 6.66. The SMILES string of the molecule is Cc1nc(-c2cc(Cl)ccc2Cl)c[nH]1. The summed E-state index contributed by atoms with van der Waals surface area (Å²) in [6, 6.07) is 5.33. The van der Waals surface area contributed by atoms with Crippen LogP contribution in [-0.2, 0) is 0 Å². The number of halogens is 2. The quantitative estimate of drug-likeness (QED) is 0.790. The predicted molar refractivity (Wildman–Crippen MR) is 58.8 cm³/mol. The molecule has 0 radical (unpaired) electrons. The molecule has 0 aliphatic carbocycles. The molecular formula is C10H8Cl2N2. The van der Waals surface area contributed by atoms with Crippen molar-refractivity contribution in [1.29, 1.82) is 0 Å². The van der Waals surface area contributed by atoms with Gasteiger partial charge < -0.3 is 4.98 Å². The van der Waals surface area contributed by atoms with Crippen molar-refractivity contribution < 1.29 is 0 Å². The second kappa shape index (κ2) is 3.64. The summed E-state index contributed by atoms with van der Waals surface area (Å²) in [7, 11) is 0. The van der Waals surface area contributed by atoms with Gasteiger partial charge in [0.1, 0.15) is 5.82 Å². The number of benzene rings is 1. The van der Waals surface area contributed by atoms with Crippen molar-refractivity contribution in [3.8, 4) is 11.3 Å². The second-order valence-electron chi connectivity index (χ2n) is 3.00. The van der Waals surface area contributed by atoms with E-state index in [2.05, 4.69) is 9.97 Å². The van der Waals surface area contributed by atoms with Crippen molar-refractivity contribution in [2.75, 3.05) is 0 Å². The van der Waals surface area contributed by atoms with Gasteiger partial charge in [0, 0.05) is 16.8 Å². The molecule has 0 amide bonds. The molecule has 0 fully saturated rings. The number of imidazole rings is 1. The molecule has 72 valence electrons. The Kier molecular flexibility index (Phi) is 2.48. The highest BCUT2D eigenvalue weighted by Gasteiger charge is 2.06. The van der Waals surface area contributed by atoms with E-state index in [0.29, 0.717) is 10.0 Å². The van der Waals surface area contributed by atoms with Crippen molar-refractivity contribution in [1.82, 2.24) is 9.97 Å². The maximum absolute atomic E-state index is 6.03. The van der Waals surface area contributed by atoms with Gasteiger partial charge in [0.15, 0.2) is 0 Å². The van der Waals surface area contributed by atoms with Crippen LogP contribution in [0.25, 0.3) is 11.3 Å². The molecule has 1 N–H and O–H groups in total. The van der Waals surface area contributed by atoms with E-state index < -0.39 is 0 Å². The van der Waals surface area contributed by atoms with Gasteiger partial charge >= 0.3 is 0 Å². The van der Waals surface area contributed by atoms with Gasteiger partial charge in [-0.1, -0.05) is 23.2 Å². The zero-order valence-corrected chi connectivity index (χ0v) is 9.02. The first-order valence-corrected chi connectivity index (χ1v) is 4.90. The molecule has 4 heteroatoms. The smallest absolute Gasteiger partial charge is 0.103 e. The molecule has 0 atom stereocenters. The number of rotatable bonds is 1. The molecule has 2 rings (SSSR count). The van der Waals surface area contributed by atoms with Gasteiger partial charge in [-0.3, -0.25) is 0 Å². The summed E-state index contributed by atoms with van der Waals surface area (Å²) in [5.74, 6) is 0.857. The molecular weight excluding hydrogens is 219 g/mol. The topological polar surface area (TPSA) is 28.7 Å². The van der Waals surface area contributed by atoms with Crippen molar-refractivity contribution in [2.24, 2.45) is 0 Å². The van der Waals surface area contributed by atoms with Crippen LogP contribution in [0.1, 0.15) is 5.82 Å². The minimum absolute atomic E-state index is 0.654. The predicted octanol–water partition coefficient (Wildman–Crippen LogP) is 3.69. The number of H-pyrrole nitrogens is 1. The third kappa shape index (κ3) is 1.76. The Morgan fingerprint density at radius 2 is 2.07 bits per heavy atom. The number of aryl methyl sites for hydroxylation is 1. The van der Waals surface area contributed by atoms with Gasteiger partial charge in [-0.2, -0.15) is 0 Å². The van der Waals surface area contributed by atoms with Crippen LogP contribution < -0.4 is 0 Å². The molecule has 0 aliphatic heterocycles. The largest absolute Gasteiger partial charge is 0.348 e. The van der Waals surface area contributed by atoms with Gasteiger partial charge in [0.25, 0.3) is 0 Å². The fraction of sp³-hybridized carbons (Fsp3) is 0.100. The lowest BCUT2D eigenvalue weighted by Crippen LogP contribution is -1.80. The van der Waals surface area contributed by atoms with Crippen molar-refractivity contribution in [3.05, 3.63) is 40.3 Å². The third-order valence-electron chi connectivity index (χ3n) is 1.91. The molecule has 0 spiro atoms. The first-order valence-electron chi connectivity index (χ1n) is 4.14. The average Bonchev–Trinajstić information content (AvgIpc) is 2.56. The number of hydrogen-bond donors (Lipinski definition) is 1. The first kappa shape index (κ1) is 9.56. The summed E-state index contributed by atoms with van der Waals surface area (Å²) in [4.78, 5) is 7.29. The summed E-state index contributed by atoms with van der Waals surface area (Å²) in [6.45, 7) is 1.89. The second-order valence-corrected chi connectivity index (χ2v) is 3.84. The molecule has 0 saturated heterocycles. The molecule has 2 aromatic rings. The molecule has 0 aliphatic rings. The fourth-order valence-electron chi connectivity index (χ4n) is 1.25. The zero-order valence-electron chi connectivity index (χ0n) is 7.51.